The number of benzene rings is 3. The molecule has 0 unspecified atom stereocenters. The van der Waals surface area contributed by atoms with Crippen LogP contribution in [-0.2, 0) is 35.7 Å². The van der Waals surface area contributed by atoms with E-state index in [0.717, 1.165) is 59.1 Å². The van der Waals surface area contributed by atoms with Gasteiger partial charge in [-0.15, -0.1) is 29.1 Å². The van der Waals surface area contributed by atoms with Gasteiger partial charge in [-0.25, -0.2) is 0 Å². The fourth-order valence-electron chi connectivity index (χ4n) is 7.08. The summed E-state index contributed by atoms with van der Waals surface area (Å²) in [5.74, 6) is 1.21. The zero-order chi connectivity index (χ0) is 37.4. The van der Waals surface area contributed by atoms with Crippen molar-refractivity contribution in [3.05, 3.63) is 113 Å². The second-order valence-corrected chi connectivity index (χ2v) is 16.3. The van der Waals surface area contributed by atoms with Gasteiger partial charge >= 0.3 is 0 Å². The maximum Gasteiger partial charge on any atom is 0.164 e. The van der Waals surface area contributed by atoms with Crippen molar-refractivity contribution in [2.45, 2.75) is 113 Å². The molecule has 0 saturated heterocycles. The number of fused-ring (bicyclic) bond motifs is 3. The number of ketones is 1. The van der Waals surface area contributed by atoms with Crippen LogP contribution in [0.4, 0.5) is 0 Å². The molecule has 2 aromatic heterocycles. The van der Waals surface area contributed by atoms with Gasteiger partial charge in [0.25, 0.3) is 0 Å². The second-order valence-electron chi connectivity index (χ2n) is 16.3. The molecule has 1 aliphatic carbocycles. The summed E-state index contributed by atoms with van der Waals surface area (Å²) in [6, 6.07) is 27.0. The maximum absolute atomic E-state index is 12.2. The van der Waals surface area contributed by atoms with Crippen LogP contribution in [-0.4, -0.2) is 15.9 Å². The Hall–Kier alpha value is -3.79. The average molecular weight is 875 g/mol. The van der Waals surface area contributed by atoms with Gasteiger partial charge in [-0.3, -0.25) is 9.78 Å². The molecule has 0 saturated carbocycles. The summed E-state index contributed by atoms with van der Waals surface area (Å²) < 4.78 is 6.29. The summed E-state index contributed by atoms with van der Waals surface area (Å²) in [4.78, 5) is 17.1. The molecule has 0 fully saturated rings. The summed E-state index contributed by atoms with van der Waals surface area (Å²) in [5.41, 5.74) is 7.05. The number of furan rings is 1. The van der Waals surface area contributed by atoms with Crippen molar-refractivity contribution in [3.63, 3.8) is 0 Å². The predicted molar refractivity (Wildman–Crippen MR) is 215 cm³/mol. The molecule has 4 nitrogen and oxygen atoms in total. The Morgan fingerprint density at radius 3 is 2.10 bits per heavy atom. The van der Waals surface area contributed by atoms with E-state index in [1.165, 1.54) is 33.7 Å². The van der Waals surface area contributed by atoms with E-state index in [4.69, 9.17) is 9.40 Å². The van der Waals surface area contributed by atoms with Crippen molar-refractivity contribution in [2.24, 2.45) is 10.8 Å². The molecule has 52 heavy (non-hydrogen) atoms. The van der Waals surface area contributed by atoms with Gasteiger partial charge in [0, 0.05) is 65.3 Å². The number of allylic oxidation sites excluding steroid dienone is 3. The van der Waals surface area contributed by atoms with Gasteiger partial charge in [0.1, 0.15) is 17.1 Å². The van der Waals surface area contributed by atoms with E-state index in [9.17, 15) is 9.90 Å². The zero-order valence-corrected chi connectivity index (χ0v) is 35.4. The normalized spacial score (nSPS) is 14.4. The molecule has 0 spiro atoms. The molecular weight excluding hydrogens is 819 g/mol. The third-order valence-corrected chi connectivity index (χ3v) is 11.7. The molecule has 5 heteroatoms. The Bertz CT molecular complexity index is 2080. The Morgan fingerprint density at radius 1 is 0.865 bits per heavy atom. The third kappa shape index (κ3) is 7.78. The number of pyridine rings is 1. The number of aromatic nitrogens is 1. The predicted octanol–water partition coefficient (Wildman–Crippen LogP) is 13.2. The van der Waals surface area contributed by atoms with Gasteiger partial charge in [0.2, 0.25) is 0 Å². The standard InChI is InChI=1S/C32H28NO.C15H28O2.Ir/c1-31(2,3)25-18-23(16-20-10-6-8-12-24(20)25)30-29-22(14-15-33-30)17-26(32(29,4)5)28-19-21-11-7-9-13-27(21)34-28;1-7-14(5,8-2)12(16)11-13(17)15(6,9-3)10-4;/h6-15,17-19H,1-5H3;11,16H,7-10H2,1-6H3;/q-1;;/b;12-11-;. The first-order chi connectivity index (χ1) is 24.0. The summed E-state index contributed by atoms with van der Waals surface area (Å²) in [6.45, 7) is 23.4. The number of aliphatic hydroxyl groups excluding tert-OH is 1. The van der Waals surface area contributed by atoms with Crippen molar-refractivity contribution >= 4 is 39.2 Å². The SMILES string of the molecule is CC(C)(C)c1cc(-c2nccc3c2C(C)(C)C(c2cc4ccccc4o2)=C3)[c-]c2ccccc12.CCC(C)(CC)C(=O)/C=C(\O)C(C)(CC)CC.[Ir]. The quantitative estimate of drug-likeness (QED) is 0.0910. The molecule has 5 aromatic rings. The number of carbonyl (C=O) groups is 1. The first-order valence-electron chi connectivity index (χ1n) is 18.6. The molecule has 1 aliphatic rings. The molecule has 0 bridgehead atoms. The van der Waals surface area contributed by atoms with Gasteiger partial charge in [-0.1, -0.05) is 124 Å². The first-order valence-corrected chi connectivity index (χ1v) is 18.6. The van der Waals surface area contributed by atoms with Gasteiger partial charge in [0.15, 0.2) is 5.78 Å². The van der Waals surface area contributed by atoms with Gasteiger partial charge in [-0.2, -0.15) is 0 Å². The van der Waals surface area contributed by atoms with Crippen LogP contribution in [0.5, 0.6) is 0 Å². The molecule has 2 heterocycles. The largest absolute Gasteiger partial charge is 0.512 e. The van der Waals surface area contributed by atoms with E-state index in [-0.39, 0.29) is 53.3 Å². The number of carbonyl (C=O) groups excluding carboxylic acids is 1. The van der Waals surface area contributed by atoms with Crippen LogP contribution in [0.15, 0.2) is 89.2 Å². The van der Waals surface area contributed by atoms with Crippen LogP contribution in [0.3, 0.4) is 0 Å². The summed E-state index contributed by atoms with van der Waals surface area (Å²) in [7, 11) is 0. The minimum Gasteiger partial charge on any atom is -0.512 e. The van der Waals surface area contributed by atoms with Crippen molar-refractivity contribution < 1.29 is 34.4 Å². The van der Waals surface area contributed by atoms with E-state index >= 15 is 0 Å². The molecule has 0 atom stereocenters. The molecule has 1 radical (unpaired) electrons. The van der Waals surface area contributed by atoms with Crippen molar-refractivity contribution in [2.75, 3.05) is 0 Å². The number of nitrogens with zero attached hydrogens (tertiary/aromatic N) is 1. The van der Waals surface area contributed by atoms with Crippen LogP contribution < -0.4 is 0 Å². The molecule has 0 amide bonds. The van der Waals surface area contributed by atoms with Crippen molar-refractivity contribution in [1.82, 2.24) is 4.98 Å². The van der Waals surface area contributed by atoms with E-state index < -0.39 is 0 Å². The number of hydrogen-bond donors (Lipinski definition) is 1. The molecule has 1 N–H and O–H groups in total. The topological polar surface area (TPSA) is 63.3 Å². The molecule has 6 rings (SSSR count). The zero-order valence-electron chi connectivity index (χ0n) is 33.0. The molecule has 3 aromatic carbocycles. The first kappa shape index (κ1) is 41.0. The van der Waals surface area contributed by atoms with Gasteiger partial charge in [-0.05, 0) is 66.5 Å². The van der Waals surface area contributed by atoms with Crippen LogP contribution in [0.2, 0.25) is 0 Å². The van der Waals surface area contributed by atoms with E-state index in [1.807, 2.05) is 59.9 Å². The Labute approximate surface area is 325 Å². The maximum atomic E-state index is 12.2. The van der Waals surface area contributed by atoms with Crippen LogP contribution >= 0.6 is 0 Å². The Kier molecular flexibility index (Phi) is 12.3. The second kappa shape index (κ2) is 15.7. The third-order valence-electron chi connectivity index (χ3n) is 11.7. The number of hydrogen-bond acceptors (Lipinski definition) is 4. The van der Waals surface area contributed by atoms with Crippen LogP contribution in [0.25, 0.3) is 44.6 Å². The van der Waals surface area contributed by atoms with E-state index in [1.54, 1.807) is 0 Å². The van der Waals surface area contributed by atoms with Gasteiger partial charge < -0.3 is 9.52 Å². The minimum atomic E-state index is -0.337. The fraction of sp³-hybridized carbons (Fsp3) is 0.404. The van der Waals surface area contributed by atoms with Crippen LogP contribution in [0.1, 0.15) is 124 Å². The summed E-state index contributed by atoms with van der Waals surface area (Å²) >= 11 is 0. The Balaban J connectivity index is 0.000000289. The monoisotopic (exact) mass is 875 g/mol. The smallest absolute Gasteiger partial charge is 0.164 e. The minimum absolute atomic E-state index is 0. The average Bonchev–Trinajstić information content (AvgIpc) is 3.67. The molecule has 0 aliphatic heterocycles. The fourth-order valence-corrected chi connectivity index (χ4v) is 7.08. The number of para-hydroxylation sites is 1. The van der Waals surface area contributed by atoms with Gasteiger partial charge in [0.05, 0.1) is 0 Å². The molecular formula is C47H56IrNO3-. The number of rotatable bonds is 9. The summed E-state index contributed by atoms with van der Waals surface area (Å²) in [6.07, 6.45) is 8.94. The summed E-state index contributed by atoms with van der Waals surface area (Å²) in [5, 5.41) is 13.6. The van der Waals surface area contributed by atoms with Crippen LogP contribution in [0, 0.1) is 16.9 Å². The van der Waals surface area contributed by atoms with E-state index in [0.29, 0.717) is 0 Å². The van der Waals surface area contributed by atoms with Crippen molar-refractivity contribution in [3.8, 4) is 11.3 Å². The van der Waals surface area contributed by atoms with Crippen molar-refractivity contribution in [1.29, 1.82) is 0 Å². The van der Waals surface area contributed by atoms with E-state index in [2.05, 4.69) is 101 Å². The molecule has 277 valence electrons. The number of aliphatic hydroxyl groups is 1. The Morgan fingerprint density at radius 2 is 1.48 bits per heavy atom.